The second-order valence-corrected chi connectivity index (χ2v) is 15.7. The Morgan fingerprint density at radius 3 is 1.33 bits per heavy atom. The van der Waals surface area contributed by atoms with Crippen LogP contribution in [-0.4, -0.2) is 51.7 Å². The number of carboxylic acid groups (broad SMARTS) is 1. The Balaban J connectivity index is -0.000000208. The number of aliphatic carboxylic acids is 1. The molecule has 0 radical (unpaired) electrons. The van der Waals surface area contributed by atoms with E-state index in [1.165, 1.54) is 0 Å². The fourth-order valence-electron chi connectivity index (χ4n) is 1.12. The first-order valence-electron chi connectivity index (χ1n) is 4.55. The molecule has 3 nitrogen and oxygen atoms in total. The summed E-state index contributed by atoms with van der Waals surface area (Å²) in [6.45, 7) is 14.1. The predicted molar refractivity (Wildman–Crippen MR) is 78.4 cm³/mol. The van der Waals surface area contributed by atoms with Crippen molar-refractivity contribution in [2.24, 2.45) is 0 Å². The van der Waals surface area contributed by atoms with Gasteiger partial charge in [0.05, 0.1) is 0 Å². The molecule has 0 atom stereocenters. The molecule has 0 heterocycles. The Morgan fingerprint density at radius 1 is 1.13 bits per heavy atom. The van der Waals surface area contributed by atoms with E-state index in [9.17, 15) is 4.79 Å². The maximum absolute atomic E-state index is 9.32. The van der Waals surface area contributed by atoms with Crippen LogP contribution in [0.15, 0.2) is 0 Å². The fourth-order valence-corrected chi connectivity index (χ4v) is 10.1. The molecule has 0 aromatic rings. The minimum atomic E-state index is -0.981. The number of hydrogen-bond donors (Lipinski definition) is 2. The summed E-state index contributed by atoms with van der Waals surface area (Å²) in [5.74, 6) is -0.829. The standard InChI is InChI=1S/C6H19NSi2.C2H3BrO2.Li.H/c1-8(2,3)7-9(4,5)6;3-1-2(4)5;;/h7H,1-6H3;1H2,(H,4,5);;. The molecule has 2 N–H and O–H groups in total. The summed E-state index contributed by atoms with van der Waals surface area (Å²) in [5.41, 5.74) is 0. The summed E-state index contributed by atoms with van der Waals surface area (Å²) in [5, 5.41) is 7.71. The molecule has 0 saturated heterocycles. The number of rotatable bonds is 3. The molecule has 0 aromatic carbocycles. The molecule has 0 rings (SSSR count). The van der Waals surface area contributed by atoms with Crippen molar-refractivity contribution in [3.8, 4) is 0 Å². The van der Waals surface area contributed by atoms with Crippen molar-refractivity contribution in [2.45, 2.75) is 39.3 Å². The molecule has 0 spiro atoms. The molecular weight excluding hydrogens is 285 g/mol. The van der Waals surface area contributed by atoms with Gasteiger partial charge in [-0.05, 0) is 0 Å². The molecule has 7 heteroatoms. The second-order valence-electron chi connectivity index (χ2n) is 5.15. The van der Waals surface area contributed by atoms with Gasteiger partial charge in [-0.15, -0.1) is 0 Å². The van der Waals surface area contributed by atoms with E-state index in [1.54, 1.807) is 0 Å². The van der Waals surface area contributed by atoms with E-state index < -0.39 is 22.4 Å². The zero-order valence-corrected chi connectivity index (χ0v) is 13.5. The average Bonchev–Trinajstić information content (AvgIpc) is 1.80. The Hall–Kier alpha value is 0.941. The van der Waals surface area contributed by atoms with Crippen LogP contribution in [0.25, 0.3) is 0 Å². The molecule has 0 bridgehead atoms. The summed E-state index contributed by atoms with van der Waals surface area (Å²) >= 11 is 2.71. The Kier molecular flexibility index (Phi) is 12.8. The SMILES string of the molecule is C[Si](C)(C)N[Si](C)(C)C.O=C(O)CBr.[LiH]. The molecule has 0 aliphatic heterocycles. The van der Waals surface area contributed by atoms with E-state index in [0.29, 0.717) is 0 Å². The van der Waals surface area contributed by atoms with Crippen LogP contribution in [0, 0.1) is 0 Å². The normalized spacial score (nSPS) is 10.9. The van der Waals surface area contributed by atoms with Gasteiger partial charge >= 0.3 is 24.8 Å². The molecule has 0 amide bonds. The van der Waals surface area contributed by atoms with Gasteiger partial charge in [0.15, 0.2) is 0 Å². The number of carboxylic acids is 1. The van der Waals surface area contributed by atoms with E-state index in [-0.39, 0.29) is 24.2 Å². The maximum atomic E-state index is 9.32. The number of nitrogens with one attached hydrogen (secondary N) is 1. The monoisotopic (exact) mass is 307 g/mol. The Morgan fingerprint density at radius 2 is 1.33 bits per heavy atom. The van der Waals surface area contributed by atoms with Crippen molar-refractivity contribution < 1.29 is 9.90 Å². The zero-order valence-electron chi connectivity index (χ0n) is 9.94. The minimum absolute atomic E-state index is 0. The van der Waals surface area contributed by atoms with E-state index >= 15 is 0 Å². The van der Waals surface area contributed by atoms with Crippen LogP contribution in [-0.2, 0) is 4.79 Å². The third kappa shape index (κ3) is 31.3. The van der Waals surface area contributed by atoms with Gasteiger partial charge in [-0.1, -0.05) is 55.2 Å². The topological polar surface area (TPSA) is 49.3 Å². The molecule has 0 aromatic heterocycles. The molecule has 0 aliphatic carbocycles. The van der Waals surface area contributed by atoms with E-state index in [1.807, 2.05) is 0 Å². The molecule has 0 unspecified atom stereocenters. The second kappa shape index (κ2) is 9.02. The fraction of sp³-hybridized carbons (Fsp3) is 0.875. The van der Waals surface area contributed by atoms with Crippen LogP contribution >= 0.6 is 15.9 Å². The summed E-state index contributed by atoms with van der Waals surface area (Å²) in [7, 11) is -1.96. The first-order valence-corrected chi connectivity index (χ1v) is 12.7. The van der Waals surface area contributed by atoms with Crippen molar-refractivity contribution in [3.63, 3.8) is 0 Å². The van der Waals surface area contributed by atoms with Gasteiger partial charge in [-0.3, -0.25) is 4.79 Å². The van der Waals surface area contributed by atoms with E-state index in [2.05, 4.69) is 59.9 Å². The average molecular weight is 308 g/mol. The first-order chi connectivity index (χ1) is 5.98. The van der Waals surface area contributed by atoms with E-state index in [0.717, 1.165) is 0 Å². The van der Waals surface area contributed by atoms with Crippen molar-refractivity contribution in [3.05, 3.63) is 0 Å². The summed E-state index contributed by atoms with van der Waals surface area (Å²) < 4.78 is 3.74. The third-order valence-corrected chi connectivity index (χ3v) is 7.34. The predicted octanol–water partition coefficient (Wildman–Crippen LogP) is 2.06. The Labute approximate surface area is 116 Å². The van der Waals surface area contributed by atoms with Gasteiger partial charge in [-0.25, -0.2) is 0 Å². The summed E-state index contributed by atoms with van der Waals surface area (Å²) in [4.78, 5) is 9.32. The third-order valence-electron chi connectivity index (χ3n) is 0.864. The van der Waals surface area contributed by atoms with Gasteiger partial charge in [-0.2, -0.15) is 0 Å². The molecule has 0 fully saturated rings. The van der Waals surface area contributed by atoms with Gasteiger partial charge in [0.25, 0.3) is 0 Å². The van der Waals surface area contributed by atoms with Crippen molar-refractivity contribution in [2.75, 3.05) is 5.33 Å². The number of halogens is 1. The number of alkyl halides is 1. The van der Waals surface area contributed by atoms with E-state index in [4.69, 9.17) is 5.11 Å². The van der Waals surface area contributed by atoms with Crippen molar-refractivity contribution in [1.29, 1.82) is 0 Å². The molecule has 15 heavy (non-hydrogen) atoms. The van der Waals surface area contributed by atoms with Crippen LogP contribution in [0.1, 0.15) is 0 Å². The van der Waals surface area contributed by atoms with Crippen LogP contribution in [0.4, 0.5) is 0 Å². The van der Waals surface area contributed by atoms with Crippen LogP contribution in [0.2, 0.25) is 39.3 Å². The van der Waals surface area contributed by atoms with Crippen LogP contribution in [0.3, 0.4) is 0 Å². The quantitative estimate of drug-likeness (QED) is 0.620. The van der Waals surface area contributed by atoms with Gasteiger partial charge < -0.3 is 9.75 Å². The number of carbonyl (C=O) groups is 1. The zero-order chi connectivity index (χ0) is 12.0. The van der Waals surface area contributed by atoms with Gasteiger partial charge in [0.2, 0.25) is 0 Å². The van der Waals surface area contributed by atoms with Crippen molar-refractivity contribution in [1.82, 2.24) is 4.65 Å². The summed E-state index contributed by atoms with van der Waals surface area (Å²) in [6, 6.07) is 0. The molecule has 0 saturated carbocycles. The van der Waals surface area contributed by atoms with Crippen LogP contribution < -0.4 is 4.65 Å². The van der Waals surface area contributed by atoms with Gasteiger partial charge in [0.1, 0.15) is 21.8 Å². The molecule has 0 aliphatic rings. The summed E-state index contributed by atoms with van der Waals surface area (Å²) in [6.07, 6.45) is 0. The first kappa shape index (κ1) is 21.2. The van der Waals surface area contributed by atoms with Crippen LogP contribution in [0.5, 0.6) is 0 Å². The Bertz CT molecular complexity index is 168. The van der Waals surface area contributed by atoms with Crippen molar-refractivity contribution >= 4 is 57.2 Å². The number of hydrogen-bond acceptors (Lipinski definition) is 2. The molecular formula is C8H23BrLiNO2Si2. The molecule has 88 valence electrons. The van der Waals surface area contributed by atoms with Gasteiger partial charge in [0, 0.05) is 0 Å².